The van der Waals surface area contributed by atoms with Gasteiger partial charge in [-0.1, -0.05) is 33.3 Å². The van der Waals surface area contributed by atoms with E-state index in [0.29, 0.717) is 6.42 Å². The molecule has 11 heteroatoms. The van der Waals surface area contributed by atoms with Crippen molar-refractivity contribution in [2.45, 2.75) is 96.2 Å². The second-order valence-corrected chi connectivity index (χ2v) is 12.3. The first-order valence-electron chi connectivity index (χ1n) is 14.1. The zero-order valence-electron chi connectivity index (χ0n) is 23.9. The number of hydrogen-bond acceptors (Lipinski definition) is 8. The summed E-state index contributed by atoms with van der Waals surface area (Å²) < 4.78 is 50.8. The van der Waals surface area contributed by atoms with Crippen LogP contribution in [0, 0.1) is 22.7 Å². The van der Waals surface area contributed by atoms with Crippen molar-refractivity contribution in [2.24, 2.45) is 28.4 Å². The standard InChI is InChI=1S/C29H42F2N2O7/c1-6-7-24-39-14-28(40-24,23(36)13-38-15-33-25(37)17(3)32)27(5)12-22(35)29(31)19(16(27)2)11-21(30)20-10-18(34)8-9-26(20,29)4/h8-10,16-17,19,21-22,24,35H,6-7,11-15,32H2,1-5H3,(H,33,37)/t16?,17?,19?,21-,22?,24?,26?,27?,28?,29-/m0/s1. The minimum Gasteiger partial charge on any atom is -0.390 e. The Morgan fingerprint density at radius 3 is 2.70 bits per heavy atom. The Labute approximate surface area is 233 Å². The number of aliphatic hydroxyl groups is 1. The first kappa shape index (κ1) is 30.9. The Balaban J connectivity index is 1.67. The van der Waals surface area contributed by atoms with Gasteiger partial charge in [0.05, 0.1) is 18.8 Å². The van der Waals surface area contributed by atoms with Crippen LogP contribution in [0.2, 0.25) is 0 Å². The van der Waals surface area contributed by atoms with Crippen LogP contribution in [-0.4, -0.2) is 78.4 Å². The molecule has 0 bridgehead atoms. The minimum atomic E-state index is -2.29. The molecule has 0 aromatic rings. The van der Waals surface area contributed by atoms with Gasteiger partial charge in [0.1, 0.15) is 19.5 Å². The molecule has 1 heterocycles. The number of ketones is 2. The normalized spacial score (nSPS) is 43.5. The highest BCUT2D eigenvalue weighted by atomic mass is 19.1. The van der Waals surface area contributed by atoms with Gasteiger partial charge in [0.15, 0.2) is 29.1 Å². The number of ether oxygens (including phenoxy) is 3. The van der Waals surface area contributed by atoms with Gasteiger partial charge in [-0.05, 0) is 56.8 Å². The van der Waals surface area contributed by atoms with Crippen LogP contribution < -0.4 is 11.1 Å². The van der Waals surface area contributed by atoms with Crippen molar-refractivity contribution in [3.8, 4) is 0 Å². The maximum atomic E-state index is 17.4. The summed E-state index contributed by atoms with van der Waals surface area (Å²) in [6.07, 6.45) is 0.676. The molecular formula is C29H42F2N2O7. The molecule has 0 radical (unpaired) electrons. The molecule has 1 amide bonds. The molecule has 1 aliphatic heterocycles. The summed E-state index contributed by atoms with van der Waals surface area (Å²) in [5, 5.41) is 14.1. The number of alkyl halides is 2. The van der Waals surface area contributed by atoms with Gasteiger partial charge < -0.3 is 30.4 Å². The Morgan fingerprint density at radius 1 is 1.35 bits per heavy atom. The molecule has 3 aliphatic carbocycles. The van der Waals surface area contributed by atoms with Crippen molar-refractivity contribution in [2.75, 3.05) is 19.9 Å². The van der Waals surface area contributed by atoms with Gasteiger partial charge in [-0.15, -0.1) is 0 Å². The van der Waals surface area contributed by atoms with E-state index in [1.54, 1.807) is 13.8 Å². The molecule has 4 rings (SSSR count). The smallest absolute Gasteiger partial charge is 0.238 e. The van der Waals surface area contributed by atoms with Gasteiger partial charge in [0.2, 0.25) is 5.91 Å². The maximum Gasteiger partial charge on any atom is 0.238 e. The van der Waals surface area contributed by atoms with Gasteiger partial charge in [0.25, 0.3) is 0 Å². The third kappa shape index (κ3) is 4.58. The minimum absolute atomic E-state index is 0.0325. The number of nitrogens with one attached hydrogen (secondary N) is 1. The fourth-order valence-electron chi connectivity index (χ4n) is 7.43. The van der Waals surface area contributed by atoms with Crippen LogP contribution in [0.1, 0.15) is 60.3 Å². The van der Waals surface area contributed by atoms with E-state index in [1.807, 2.05) is 6.92 Å². The number of nitrogens with two attached hydrogens (primary N) is 1. The lowest BCUT2D eigenvalue weighted by atomic mass is 9.43. The van der Waals surface area contributed by atoms with E-state index in [0.717, 1.165) is 12.5 Å². The average molecular weight is 569 g/mol. The second kappa shape index (κ2) is 11.0. The van der Waals surface area contributed by atoms with Gasteiger partial charge in [0, 0.05) is 16.7 Å². The van der Waals surface area contributed by atoms with E-state index >= 15 is 8.78 Å². The SMILES string of the molecule is CCCC1OCC(C(=O)COCNC(=O)C(C)N)(C2(C)CC(O)[C@@]3(F)C(C[C@H](F)C4=CC(=O)C=CC43C)C2C)O1. The van der Waals surface area contributed by atoms with Crippen LogP contribution in [0.5, 0.6) is 0 Å². The molecule has 2 saturated carbocycles. The summed E-state index contributed by atoms with van der Waals surface area (Å²) in [5.74, 6) is -2.98. The molecule has 8 unspecified atom stereocenters. The molecule has 4 N–H and O–H groups in total. The number of Topliss-reactive ketones (excluding diaryl/α,β-unsaturated/α-hetero) is 1. The second-order valence-electron chi connectivity index (χ2n) is 12.3. The van der Waals surface area contributed by atoms with Crippen molar-refractivity contribution >= 4 is 17.5 Å². The predicted octanol–water partition coefficient (Wildman–Crippen LogP) is 2.45. The van der Waals surface area contributed by atoms with Crippen LogP contribution in [0.25, 0.3) is 0 Å². The molecule has 3 fully saturated rings. The van der Waals surface area contributed by atoms with Crippen molar-refractivity contribution in [1.82, 2.24) is 5.32 Å². The zero-order valence-corrected chi connectivity index (χ0v) is 23.9. The fourth-order valence-corrected chi connectivity index (χ4v) is 7.43. The molecule has 0 aromatic heterocycles. The Morgan fingerprint density at radius 2 is 2.05 bits per heavy atom. The number of halogens is 2. The molecule has 10 atom stereocenters. The lowest BCUT2D eigenvalue weighted by molar-refractivity contribution is -0.242. The first-order valence-corrected chi connectivity index (χ1v) is 14.1. The van der Waals surface area contributed by atoms with E-state index in [-0.39, 0.29) is 31.8 Å². The topological polar surface area (TPSA) is 137 Å². The fraction of sp³-hybridized carbons (Fsp3) is 0.759. The number of fused-ring (bicyclic) bond motifs is 3. The van der Waals surface area contributed by atoms with Gasteiger partial charge in [-0.3, -0.25) is 14.4 Å². The number of amides is 1. The van der Waals surface area contributed by atoms with Gasteiger partial charge in [-0.2, -0.15) is 0 Å². The largest absolute Gasteiger partial charge is 0.390 e. The lowest BCUT2D eigenvalue weighted by Gasteiger charge is -2.64. The van der Waals surface area contributed by atoms with Crippen LogP contribution in [0.4, 0.5) is 8.78 Å². The van der Waals surface area contributed by atoms with Gasteiger partial charge >= 0.3 is 0 Å². The Bertz CT molecular complexity index is 1100. The number of carbonyl (C=O) groups is 3. The summed E-state index contributed by atoms with van der Waals surface area (Å²) in [5.41, 5.74) is -1.03. The number of rotatable bonds is 9. The molecule has 9 nitrogen and oxygen atoms in total. The van der Waals surface area contributed by atoms with Crippen molar-refractivity contribution in [1.29, 1.82) is 0 Å². The number of aliphatic hydroxyl groups excluding tert-OH is 1. The summed E-state index contributed by atoms with van der Waals surface area (Å²) in [7, 11) is 0. The molecule has 224 valence electrons. The van der Waals surface area contributed by atoms with E-state index in [9.17, 15) is 19.5 Å². The predicted molar refractivity (Wildman–Crippen MR) is 141 cm³/mol. The summed E-state index contributed by atoms with van der Waals surface area (Å²) in [6, 6.07) is -0.749. The van der Waals surface area contributed by atoms with Gasteiger partial charge in [-0.25, -0.2) is 8.78 Å². The van der Waals surface area contributed by atoms with Crippen LogP contribution in [0.15, 0.2) is 23.8 Å². The average Bonchev–Trinajstić information content (AvgIpc) is 3.34. The maximum absolute atomic E-state index is 17.4. The molecule has 0 spiro atoms. The highest BCUT2D eigenvalue weighted by molar-refractivity contribution is 6.01. The molecule has 40 heavy (non-hydrogen) atoms. The number of carbonyl (C=O) groups excluding carboxylic acids is 3. The van der Waals surface area contributed by atoms with E-state index in [4.69, 9.17) is 19.9 Å². The van der Waals surface area contributed by atoms with Crippen molar-refractivity contribution in [3.05, 3.63) is 23.8 Å². The summed E-state index contributed by atoms with van der Waals surface area (Å²) in [4.78, 5) is 37.7. The first-order chi connectivity index (χ1) is 18.7. The van der Waals surface area contributed by atoms with E-state index < -0.39 is 82.6 Å². The Hall–Kier alpha value is -2.05. The quantitative estimate of drug-likeness (QED) is 0.285. The third-order valence-electron chi connectivity index (χ3n) is 10.0. The molecule has 1 saturated heterocycles. The van der Waals surface area contributed by atoms with Crippen LogP contribution in [-0.2, 0) is 28.6 Å². The van der Waals surface area contributed by atoms with E-state index in [1.165, 1.54) is 26.0 Å². The van der Waals surface area contributed by atoms with Crippen LogP contribution >= 0.6 is 0 Å². The highest BCUT2D eigenvalue weighted by Gasteiger charge is 2.74. The van der Waals surface area contributed by atoms with Crippen molar-refractivity contribution in [3.63, 3.8) is 0 Å². The van der Waals surface area contributed by atoms with E-state index in [2.05, 4.69) is 5.32 Å². The molecule has 4 aliphatic rings. The molecular weight excluding hydrogens is 526 g/mol. The van der Waals surface area contributed by atoms with Crippen molar-refractivity contribution < 1.29 is 42.5 Å². The van der Waals surface area contributed by atoms with Crippen LogP contribution in [0.3, 0.4) is 0 Å². The number of allylic oxidation sites excluding steroid dienone is 4. The summed E-state index contributed by atoms with van der Waals surface area (Å²) >= 11 is 0. The third-order valence-corrected chi connectivity index (χ3v) is 10.0. The monoisotopic (exact) mass is 568 g/mol. The Kier molecular flexibility index (Phi) is 8.48. The lowest BCUT2D eigenvalue weighted by Crippen LogP contribution is -2.72. The zero-order chi connectivity index (χ0) is 29.7. The summed E-state index contributed by atoms with van der Waals surface area (Å²) in [6.45, 7) is 7.68. The number of hydrogen-bond donors (Lipinski definition) is 3. The highest BCUT2D eigenvalue weighted by Crippen LogP contribution is 2.67. The molecule has 0 aromatic carbocycles.